The van der Waals surface area contributed by atoms with Crippen LogP contribution in [0.4, 0.5) is 0 Å². The molecule has 0 radical (unpaired) electrons. The highest BCUT2D eigenvalue weighted by atomic mass is 31.1. The SMILES string of the molecule is CC[C@H](CCC(C)C)O[P+](=O)O[C@H](CC)CCC(C)C. The highest BCUT2D eigenvalue weighted by Crippen LogP contribution is 2.33. The fourth-order valence-corrected chi connectivity index (χ4v) is 3.01. The molecule has 0 N–H and O–H groups in total. The molecule has 0 aliphatic heterocycles. The first-order chi connectivity index (χ1) is 9.38. The van der Waals surface area contributed by atoms with Crippen LogP contribution in [0.25, 0.3) is 0 Å². The van der Waals surface area contributed by atoms with Gasteiger partial charge >= 0.3 is 8.25 Å². The Morgan fingerprint density at radius 1 is 0.750 bits per heavy atom. The molecule has 20 heavy (non-hydrogen) atoms. The van der Waals surface area contributed by atoms with Gasteiger partial charge in [0.1, 0.15) is 12.2 Å². The molecule has 0 aliphatic carbocycles. The molecule has 0 aliphatic rings. The lowest BCUT2D eigenvalue weighted by molar-refractivity contribution is 0.111. The van der Waals surface area contributed by atoms with Crippen LogP contribution < -0.4 is 0 Å². The first-order valence-electron chi connectivity index (χ1n) is 8.19. The Balaban J connectivity index is 4.08. The van der Waals surface area contributed by atoms with E-state index in [1.54, 1.807) is 0 Å². The van der Waals surface area contributed by atoms with E-state index in [1.807, 2.05) is 0 Å². The molecule has 2 atom stereocenters. The first kappa shape index (κ1) is 20.0. The van der Waals surface area contributed by atoms with Gasteiger partial charge in [-0.05, 0) is 50.4 Å². The second-order valence-electron chi connectivity index (χ2n) is 6.44. The normalized spacial score (nSPS) is 14.8. The summed E-state index contributed by atoms with van der Waals surface area (Å²) >= 11 is 0. The Morgan fingerprint density at radius 3 is 1.35 bits per heavy atom. The highest BCUT2D eigenvalue weighted by molar-refractivity contribution is 7.33. The summed E-state index contributed by atoms with van der Waals surface area (Å²) in [5, 5.41) is 0. The third-order valence-electron chi connectivity index (χ3n) is 3.51. The van der Waals surface area contributed by atoms with E-state index in [0.29, 0.717) is 11.8 Å². The van der Waals surface area contributed by atoms with Gasteiger partial charge in [-0.1, -0.05) is 41.5 Å². The summed E-state index contributed by atoms with van der Waals surface area (Å²) in [6.07, 6.45) is 6.02. The maximum absolute atomic E-state index is 12.0. The van der Waals surface area contributed by atoms with Crippen molar-refractivity contribution in [3.05, 3.63) is 0 Å². The molecule has 0 aromatic heterocycles. The van der Waals surface area contributed by atoms with Gasteiger partial charge in [0.25, 0.3) is 0 Å². The number of hydrogen-bond acceptors (Lipinski definition) is 3. The van der Waals surface area contributed by atoms with E-state index < -0.39 is 8.25 Å². The quantitative estimate of drug-likeness (QED) is 0.408. The first-order valence-corrected chi connectivity index (χ1v) is 9.29. The van der Waals surface area contributed by atoms with Crippen molar-refractivity contribution in [3.63, 3.8) is 0 Å². The summed E-state index contributed by atoms with van der Waals surface area (Å²) in [5.74, 6) is 1.31. The van der Waals surface area contributed by atoms with Crippen LogP contribution in [-0.2, 0) is 13.6 Å². The molecule has 0 unspecified atom stereocenters. The topological polar surface area (TPSA) is 35.5 Å². The van der Waals surface area contributed by atoms with Gasteiger partial charge in [0.15, 0.2) is 0 Å². The summed E-state index contributed by atoms with van der Waals surface area (Å²) in [5.41, 5.74) is 0. The molecule has 0 saturated carbocycles. The van der Waals surface area contributed by atoms with E-state index in [0.717, 1.165) is 38.5 Å². The molecule has 0 aromatic carbocycles. The Morgan fingerprint density at radius 2 is 1.10 bits per heavy atom. The lowest BCUT2D eigenvalue weighted by atomic mass is 10.0. The second kappa shape index (κ2) is 11.7. The molecule has 0 saturated heterocycles. The fraction of sp³-hybridized carbons (Fsp3) is 1.00. The molecule has 3 nitrogen and oxygen atoms in total. The summed E-state index contributed by atoms with van der Waals surface area (Å²) in [4.78, 5) is 0. The van der Waals surface area contributed by atoms with E-state index in [-0.39, 0.29) is 12.2 Å². The third kappa shape index (κ3) is 10.8. The maximum Gasteiger partial charge on any atom is 0.697 e. The van der Waals surface area contributed by atoms with Crippen LogP contribution in [0.2, 0.25) is 0 Å². The van der Waals surface area contributed by atoms with Gasteiger partial charge in [0.2, 0.25) is 0 Å². The monoisotopic (exact) mass is 305 g/mol. The molecule has 0 rings (SSSR count). The standard InChI is InChI=1S/C16H34O3P/c1-7-15(11-9-13(3)4)18-20(17)19-16(8-2)12-10-14(5)6/h13-16H,7-12H2,1-6H3/q+1/t15-,16-/m1/s1. The largest absolute Gasteiger partial charge is 0.697 e. The van der Waals surface area contributed by atoms with Crippen molar-refractivity contribution < 1.29 is 13.6 Å². The highest BCUT2D eigenvalue weighted by Gasteiger charge is 2.30. The zero-order valence-corrected chi connectivity index (χ0v) is 15.1. The fourth-order valence-electron chi connectivity index (χ4n) is 1.97. The Bertz CT molecular complexity index is 230. The Labute approximate surface area is 126 Å². The van der Waals surface area contributed by atoms with E-state index >= 15 is 0 Å². The zero-order valence-electron chi connectivity index (χ0n) is 14.2. The predicted molar refractivity (Wildman–Crippen MR) is 86.1 cm³/mol. The van der Waals surface area contributed by atoms with E-state index in [4.69, 9.17) is 9.05 Å². The van der Waals surface area contributed by atoms with Crippen molar-refractivity contribution >= 4 is 8.25 Å². The van der Waals surface area contributed by atoms with Crippen LogP contribution in [0.5, 0.6) is 0 Å². The molecule has 120 valence electrons. The number of rotatable bonds is 12. The van der Waals surface area contributed by atoms with Gasteiger partial charge in [-0.3, -0.25) is 0 Å². The Hall–Kier alpha value is 0.0200. The van der Waals surface area contributed by atoms with Gasteiger partial charge in [-0.15, -0.1) is 9.05 Å². The molecule has 0 heterocycles. The summed E-state index contributed by atoms with van der Waals surface area (Å²) in [6.45, 7) is 12.9. The minimum Gasteiger partial charge on any atom is -0.116 e. The van der Waals surface area contributed by atoms with Gasteiger partial charge in [0.05, 0.1) is 0 Å². The molecule has 0 aromatic rings. The average Bonchev–Trinajstić information content (AvgIpc) is 2.38. The summed E-state index contributed by atoms with van der Waals surface area (Å²) in [6, 6.07) is 0. The predicted octanol–water partition coefficient (Wildman–Crippen LogP) is 6.11. The van der Waals surface area contributed by atoms with Crippen LogP contribution in [0.1, 0.15) is 80.1 Å². The number of hydrogen-bond donors (Lipinski definition) is 0. The lowest BCUT2D eigenvalue weighted by Crippen LogP contribution is -2.13. The molecule has 0 bridgehead atoms. The smallest absolute Gasteiger partial charge is 0.116 e. The second-order valence-corrected chi connectivity index (χ2v) is 7.31. The minimum absolute atomic E-state index is 0.0589. The van der Waals surface area contributed by atoms with Gasteiger partial charge < -0.3 is 0 Å². The Kier molecular flexibility index (Phi) is 11.7. The third-order valence-corrected chi connectivity index (χ3v) is 4.45. The van der Waals surface area contributed by atoms with Crippen LogP contribution >= 0.6 is 8.25 Å². The van der Waals surface area contributed by atoms with Gasteiger partial charge in [-0.2, -0.15) is 0 Å². The van der Waals surface area contributed by atoms with E-state index in [2.05, 4.69) is 41.5 Å². The lowest BCUT2D eigenvalue weighted by Gasteiger charge is -2.12. The van der Waals surface area contributed by atoms with Crippen molar-refractivity contribution in [1.29, 1.82) is 0 Å². The van der Waals surface area contributed by atoms with Crippen LogP contribution in [0.3, 0.4) is 0 Å². The summed E-state index contributed by atoms with van der Waals surface area (Å²) in [7, 11) is -1.98. The van der Waals surface area contributed by atoms with Crippen molar-refractivity contribution in [2.24, 2.45) is 11.8 Å². The van der Waals surface area contributed by atoms with Crippen molar-refractivity contribution in [2.45, 2.75) is 92.3 Å². The van der Waals surface area contributed by atoms with Crippen LogP contribution in [0, 0.1) is 11.8 Å². The van der Waals surface area contributed by atoms with Crippen molar-refractivity contribution in [3.8, 4) is 0 Å². The molecule has 0 amide bonds. The molecular weight excluding hydrogens is 271 g/mol. The van der Waals surface area contributed by atoms with E-state index in [1.165, 1.54) is 0 Å². The average molecular weight is 305 g/mol. The zero-order chi connectivity index (χ0) is 15.5. The van der Waals surface area contributed by atoms with Crippen LogP contribution in [0.15, 0.2) is 0 Å². The molecule has 0 fully saturated rings. The van der Waals surface area contributed by atoms with E-state index in [9.17, 15) is 4.57 Å². The molecular formula is C16H34O3P+. The van der Waals surface area contributed by atoms with Crippen molar-refractivity contribution in [1.82, 2.24) is 0 Å². The van der Waals surface area contributed by atoms with Gasteiger partial charge in [-0.25, -0.2) is 0 Å². The minimum atomic E-state index is -1.98. The van der Waals surface area contributed by atoms with Crippen molar-refractivity contribution in [2.75, 3.05) is 0 Å². The van der Waals surface area contributed by atoms with Gasteiger partial charge in [0, 0.05) is 4.57 Å². The van der Waals surface area contributed by atoms with Crippen LogP contribution in [-0.4, -0.2) is 12.2 Å². The maximum atomic E-state index is 12.0. The molecule has 0 spiro atoms. The molecule has 4 heteroatoms. The summed E-state index contributed by atoms with van der Waals surface area (Å²) < 4.78 is 23.1.